The second-order valence-corrected chi connectivity index (χ2v) is 2.46. The third kappa shape index (κ3) is 5.31. The van der Waals surface area contributed by atoms with E-state index in [2.05, 4.69) is 10.6 Å². The van der Waals surface area contributed by atoms with Crippen LogP contribution in [-0.2, 0) is 9.53 Å². The minimum atomic E-state index is -0.153. The van der Waals surface area contributed by atoms with Gasteiger partial charge in [0.15, 0.2) is 0 Å². The molecule has 0 amide bonds. The van der Waals surface area contributed by atoms with Gasteiger partial charge in [-0.2, -0.15) is 0 Å². The zero-order chi connectivity index (χ0) is 8.10. The molecule has 0 radical (unpaired) electrons. The van der Waals surface area contributed by atoms with Crippen molar-refractivity contribution in [3.8, 4) is 0 Å². The van der Waals surface area contributed by atoms with Crippen LogP contribution < -0.4 is 10.6 Å². The Labute approximate surface area is 90.6 Å². The van der Waals surface area contributed by atoms with Crippen LogP contribution >= 0.6 is 24.8 Å². The standard InChI is InChI=1S/C7H14N2O2.2ClH/c1-2-11-7(10)6-5-8-3-4-9-6;;/h6,8-9H,2-5H2,1H3;2*1H. The quantitative estimate of drug-likeness (QED) is 0.654. The number of nitrogens with one attached hydrogen (secondary N) is 2. The average Bonchev–Trinajstić information content (AvgIpc) is 2.07. The van der Waals surface area contributed by atoms with Crippen molar-refractivity contribution in [3.63, 3.8) is 0 Å². The Morgan fingerprint density at radius 2 is 2.15 bits per heavy atom. The van der Waals surface area contributed by atoms with Gasteiger partial charge in [0.1, 0.15) is 6.04 Å². The first kappa shape index (κ1) is 15.4. The number of piperazine rings is 1. The first-order chi connectivity index (χ1) is 5.34. The van der Waals surface area contributed by atoms with Crippen LogP contribution in [0.25, 0.3) is 0 Å². The van der Waals surface area contributed by atoms with Gasteiger partial charge in [-0.1, -0.05) is 0 Å². The molecule has 0 aliphatic carbocycles. The first-order valence-corrected chi connectivity index (χ1v) is 3.95. The molecule has 0 aromatic rings. The molecule has 0 bridgehead atoms. The molecule has 1 rings (SSSR count). The number of ether oxygens (including phenoxy) is 1. The molecular formula is C7H16Cl2N2O2. The smallest absolute Gasteiger partial charge is 0.324 e. The van der Waals surface area contributed by atoms with Gasteiger partial charge in [-0.3, -0.25) is 4.79 Å². The topological polar surface area (TPSA) is 50.4 Å². The van der Waals surface area contributed by atoms with Gasteiger partial charge in [0.2, 0.25) is 0 Å². The number of hydrogen-bond acceptors (Lipinski definition) is 4. The van der Waals surface area contributed by atoms with E-state index >= 15 is 0 Å². The van der Waals surface area contributed by atoms with E-state index in [0.717, 1.165) is 13.1 Å². The molecule has 1 aliphatic heterocycles. The maximum absolute atomic E-state index is 11.1. The van der Waals surface area contributed by atoms with Crippen LogP contribution in [0, 0.1) is 0 Å². The van der Waals surface area contributed by atoms with Gasteiger partial charge in [0, 0.05) is 19.6 Å². The largest absolute Gasteiger partial charge is 0.465 e. The van der Waals surface area contributed by atoms with Gasteiger partial charge in [-0.15, -0.1) is 24.8 Å². The Bertz CT molecular complexity index is 140. The molecule has 1 unspecified atom stereocenters. The zero-order valence-corrected chi connectivity index (χ0v) is 9.17. The van der Waals surface area contributed by atoms with Gasteiger partial charge in [-0.05, 0) is 6.92 Å². The van der Waals surface area contributed by atoms with Crippen molar-refractivity contribution in [3.05, 3.63) is 0 Å². The minimum Gasteiger partial charge on any atom is -0.465 e. The van der Waals surface area contributed by atoms with Crippen LogP contribution in [0.3, 0.4) is 0 Å². The maximum Gasteiger partial charge on any atom is 0.324 e. The SMILES string of the molecule is CCOC(=O)C1CNCCN1.Cl.Cl. The Hall–Kier alpha value is -0.0300. The molecule has 1 fully saturated rings. The predicted molar refractivity (Wildman–Crippen MR) is 55.8 cm³/mol. The van der Waals surface area contributed by atoms with Crippen molar-refractivity contribution in [1.29, 1.82) is 0 Å². The second kappa shape index (κ2) is 8.56. The summed E-state index contributed by atoms with van der Waals surface area (Å²) in [7, 11) is 0. The number of carbonyl (C=O) groups excluding carboxylic acids is 1. The highest BCUT2D eigenvalue weighted by Crippen LogP contribution is 1.90. The average molecular weight is 231 g/mol. The molecule has 2 N–H and O–H groups in total. The van der Waals surface area contributed by atoms with Crippen molar-refractivity contribution in [2.45, 2.75) is 13.0 Å². The highest BCUT2D eigenvalue weighted by molar-refractivity contribution is 5.85. The molecule has 1 atom stereocenters. The monoisotopic (exact) mass is 230 g/mol. The minimum absolute atomic E-state index is 0. The summed E-state index contributed by atoms with van der Waals surface area (Å²) in [4.78, 5) is 11.1. The van der Waals surface area contributed by atoms with Crippen molar-refractivity contribution >= 4 is 30.8 Å². The van der Waals surface area contributed by atoms with E-state index in [1.807, 2.05) is 6.92 Å². The number of esters is 1. The molecule has 1 saturated heterocycles. The van der Waals surface area contributed by atoms with Crippen LogP contribution in [0.15, 0.2) is 0 Å². The lowest BCUT2D eigenvalue weighted by atomic mass is 10.2. The summed E-state index contributed by atoms with van der Waals surface area (Å²) in [5, 5.41) is 6.18. The second-order valence-electron chi connectivity index (χ2n) is 2.46. The fourth-order valence-electron chi connectivity index (χ4n) is 1.06. The van der Waals surface area contributed by atoms with Crippen LogP contribution in [0.1, 0.15) is 6.92 Å². The molecule has 0 spiro atoms. The van der Waals surface area contributed by atoms with E-state index in [-0.39, 0.29) is 36.8 Å². The fourth-order valence-corrected chi connectivity index (χ4v) is 1.06. The van der Waals surface area contributed by atoms with Crippen LogP contribution in [0.5, 0.6) is 0 Å². The van der Waals surface area contributed by atoms with Gasteiger partial charge in [0.25, 0.3) is 0 Å². The van der Waals surface area contributed by atoms with Gasteiger partial charge in [0.05, 0.1) is 6.61 Å². The van der Waals surface area contributed by atoms with Crippen molar-refractivity contribution in [2.75, 3.05) is 26.2 Å². The van der Waals surface area contributed by atoms with Crippen molar-refractivity contribution < 1.29 is 9.53 Å². The molecule has 13 heavy (non-hydrogen) atoms. The summed E-state index contributed by atoms with van der Waals surface area (Å²) in [6.45, 7) is 4.71. The molecule has 1 aliphatic rings. The lowest BCUT2D eigenvalue weighted by molar-refractivity contribution is -0.145. The highest BCUT2D eigenvalue weighted by atomic mass is 35.5. The summed E-state index contributed by atoms with van der Waals surface area (Å²) >= 11 is 0. The number of carbonyl (C=O) groups is 1. The zero-order valence-electron chi connectivity index (χ0n) is 7.54. The molecule has 80 valence electrons. The summed E-state index contributed by atoms with van der Waals surface area (Å²) < 4.78 is 4.84. The highest BCUT2D eigenvalue weighted by Gasteiger charge is 2.20. The van der Waals surface area contributed by atoms with E-state index < -0.39 is 0 Å². The Kier molecular flexibility index (Phi) is 10.2. The van der Waals surface area contributed by atoms with Crippen LogP contribution in [0.2, 0.25) is 0 Å². The maximum atomic E-state index is 11.1. The third-order valence-corrected chi connectivity index (χ3v) is 1.61. The fraction of sp³-hybridized carbons (Fsp3) is 0.857. The van der Waals surface area contributed by atoms with E-state index in [1.165, 1.54) is 0 Å². The first-order valence-electron chi connectivity index (χ1n) is 3.95. The lowest BCUT2D eigenvalue weighted by Gasteiger charge is -2.22. The predicted octanol–water partition coefficient (Wildman–Crippen LogP) is -0.0455. The van der Waals surface area contributed by atoms with Crippen molar-refractivity contribution in [2.24, 2.45) is 0 Å². The van der Waals surface area contributed by atoms with Crippen LogP contribution in [-0.4, -0.2) is 38.3 Å². The van der Waals surface area contributed by atoms with Gasteiger partial charge >= 0.3 is 5.97 Å². The van der Waals surface area contributed by atoms with Gasteiger partial charge in [-0.25, -0.2) is 0 Å². The molecule has 0 aromatic heterocycles. The van der Waals surface area contributed by atoms with Gasteiger partial charge < -0.3 is 15.4 Å². The van der Waals surface area contributed by atoms with E-state index in [0.29, 0.717) is 13.2 Å². The van der Waals surface area contributed by atoms with Crippen molar-refractivity contribution in [1.82, 2.24) is 10.6 Å². The molecule has 0 saturated carbocycles. The van der Waals surface area contributed by atoms with E-state index in [4.69, 9.17) is 4.74 Å². The third-order valence-electron chi connectivity index (χ3n) is 1.61. The number of halogens is 2. The summed E-state index contributed by atoms with van der Waals surface area (Å²) in [6.07, 6.45) is 0. The summed E-state index contributed by atoms with van der Waals surface area (Å²) in [6, 6.07) is -0.149. The number of rotatable bonds is 2. The lowest BCUT2D eigenvalue weighted by Crippen LogP contribution is -2.52. The van der Waals surface area contributed by atoms with E-state index in [1.54, 1.807) is 0 Å². The van der Waals surface area contributed by atoms with E-state index in [9.17, 15) is 4.79 Å². The molecule has 6 heteroatoms. The summed E-state index contributed by atoms with van der Waals surface area (Å²) in [5.41, 5.74) is 0. The number of hydrogen-bond donors (Lipinski definition) is 2. The van der Waals surface area contributed by atoms with Crippen LogP contribution in [0.4, 0.5) is 0 Å². The Morgan fingerprint density at radius 3 is 2.62 bits per heavy atom. The normalized spacial score (nSPS) is 20.8. The molecule has 0 aromatic carbocycles. The summed E-state index contributed by atoms with van der Waals surface area (Å²) in [5.74, 6) is -0.153. The molecule has 1 heterocycles. The molecular weight excluding hydrogens is 215 g/mol. The molecule has 4 nitrogen and oxygen atoms in total. The Balaban J connectivity index is 0. The Morgan fingerprint density at radius 1 is 1.46 bits per heavy atom.